The van der Waals surface area contributed by atoms with Crippen LogP contribution in [-0.4, -0.2) is 73.2 Å². The molecule has 2 aliphatic heterocycles. The van der Waals surface area contributed by atoms with E-state index in [0.717, 1.165) is 4.90 Å². The number of thioether (sulfide) groups is 1. The molecule has 0 saturated carbocycles. The number of carbonyl (C=O) groups is 4. The van der Waals surface area contributed by atoms with Crippen LogP contribution in [0.5, 0.6) is 0 Å². The number of carboxylic acid groups (broad SMARTS) is 1. The van der Waals surface area contributed by atoms with Crippen molar-refractivity contribution < 1.29 is 33.2 Å². The van der Waals surface area contributed by atoms with Gasteiger partial charge in [-0.1, -0.05) is 0 Å². The van der Waals surface area contributed by atoms with Crippen LogP contribution in [0.1, 0.15) is 6.92 Å². The maximum atomic E-state index is 12.3. The summed E-state index contributed by atoms with van der Waals surface area (Å²) in [4.78, 5) is 47.6. The number of amides is 2. The van der Waals surface area contributed by atoms with Gasteiger partial charge in [-0.3, -0.25) is 23.5 Å². The molecule has 12 heteroatoms. The fourth-order valence-electron chi connectivity index (χ4n) is 2.47. The summed E-state index contributed by atoms with van der Waals surface area (Å²) in [6.45, 7) is 0.959. The molecule has 0 aromatic rings. The third-order valence-corrected chi connectivity index (χ3v) is 5.91. The fourth-order valence-corrected chi connectivity index (χ4v) is 4.42. The van der Waals surface area contributed by atoms with Crippen LogP contribution in [-0.2, 0) is 34.7 Å². The van der Waals surface area contributed by atoms with Gasteiger partial charge in [-0.2, -0.15) is 5.26 Å². The lowest BCUT2D eigenvalue weighted by molar-refractivity contribution is -0.150. The topological polar surface area (TPSA) is 154 Å². The molecule has 2 rings (SSSR count). The van der Waals surface area contributed by atoms with E-state index in [2.05, 4.69) is 5.32 Å². The first kappa shape index (κ1) is 19.9. The van der Waals surface area contributed by atoms with Crippen molar-refractivity contribution in [3.63, 3.8) is 0 Å². The smallest absolute Gasteiger partial charge is 0.352 e. The van der Waals surface area contributed by atoms with Crippen LogP contribution in [0.2, 0.25) is 0 Å². The van der Waals surface area contributed by atoms with E-state index in [1.807, 2.05) is 0 Å². The molecule has 1 saturated heterocycles. The molecule has 3 atom stereocenters. The minimum absolute atomic E-state index is 0.218. The molecule has 2 aliphatic rings. The van der Waals surface area contributed by atoms with Gasteiger partial charge < -0.3 is 15.2 Å². The van der Waals surface area contributed by atoms with E-state index in [4.69, 9.17) is 10.00 Å². The molecule has 2 N–H and O–H groups in total. The zero-order chi connectivity index (χ0) is 19.4. The van der Waals surface area contributed by atoms with Crippen molar-refractivity contribution in [1.29, 1.82) is 5.26 Å². The van der Waals surface area contributed by atoms with Crippen molar-refractivity contribution >= 4 is 46.3 Å². The number of fused-ring (bicyclic) bond motifs is 1. The summed E-state index contributed by atoms with van der Waals surface area (Å²) in [5, 5.41) is 19.7. The number of hydrogen-bond acceptors (Lipinski definition) is 8. The number of ether oxygens (including phenoxy) is 1. The van der Waals surface area contributed by atoms with Crippen LogP contribution in [0.4, 0.5) is 0 Å². The molecule has 0 aliphatic carbocycles. The van der Waals surface area contributed by atoms with Crippen LogP contribution < -0.4 is 5.32 Å². The zero-order valence-corrected chi connectivity index (χ0v) is 15.2. The highest BCUT2D eigenvalue weighted by molar-refractivity contribution is 8.00. The minimum Gasteiger partial charge on any atom is -0.477 e. The predicted molar refractivity (Wildman–Crippen MR) is 89.8 cm³/mol. The summed E-state index contributed by atoms with van der Waals surface area (Å²) in [6.07, 6.45) is 0. The summed E-state index contributed by atoms with van der Waals surface area (Å²) in [6, 6.07) is 0.750. The highest BCUT2D eigenvalue weighted by Crippen LogP contribution is 2.40. The first-order valence-electron chi connectivity index (χ1n) is 7.31. The second-order valence-corrected chi connectivity index (χ2v) is 7.94. The molecule has 0 bridgehead atoms. The van der Waals surface area contributed by atoms with Gasteiger partial charge in [0.2, 0.25) is 5.91 Å². The zero-order valence-electron chi connectivity index (χ0n) is 13.6. The highest BCUT2D eigenvalue weighted by Gasteiger charge is 2.54. The third kappa shape index (κ3) is 4.23. The molecule has 1 fully saturated rings. The molecule has 0 spiro atoms. The molecule has 2 heterocycles. The van der Waals surface area contributed by atoms with Crippen molar-refractivity contribution in [2.45, 2.75) is 18.3 Å². The predicted octanol–water partition coefficient (Wildman–Crippen LogP) is -1.44. The molecule has 140 valence electrons. The molecule has 1 unspecified atom stereocenters. The normalized spacial score (nSPS) is 22.6. The molecule has 0 radical (unpaired) electrons. The molecule has 2 amide bonds. The lowest BCUT2D eigenvalue weighted by Crippen LogP contribution is -2.70. The number of nitrogens with zero attached hydrogens (tertiary/aromatic N) is 2. The first-order chi connectivity index (χ1) is 12.3. The van der Waals surface area contributed by atoms with E-state index in [-0.39, 0.29) is 23.8 Å². The summed E-state index contributed by atoms with van der Waals surface area (Å²) in [5.41, 5.74) is 0.0424. The Hall–Kier alpha value is -2.39. The van der Waals surface area contributed by atoms with Crippen molar-refractivity contribution in [3.8, 4) is 6.07 Å². The van der Waals surface area contributed by atoms with Crippen LogP contribution >= 0.6 is 11.8 Å². The Bertz CT molecular complexity index is 758. The van der Waals surface area contributed by atoms with Gasteiger partial charge in [-0.25, -0.2) is 4.79 Å². The number of nitrogens with one attached hydrogen (secondary N) is 1. The Labute approximate surface area is 155 Å². The highest BCUT2D eigenvalue weighted by atomic mass is 32.2. The summed E-state index contributed by atoms with van der Waals surface area (Å²) in [7, 11) is -1.65. The third-order valence-electron chi connectivity index (χ3n) is 3.53. The molecule has 26 heavy (non-hydrogen) atoms. The Morgan fingerprint density at radius 1 is 1.50 bits per heavy atom. The Morgan fingerprint density at radius 3 is 2.77 bits per heavy atom. The van der Waals surface area contributed by atoms with Gasteiger partial charge >= 0.3 is 11.9 Å². The van der Waals surface area contributed by atoms with Crippen molar-refractivity contribution in [2.75, 3.05) is 23.9 Å². The van der Waals surface area contributed by atoms with Gasteiger partial charge in [0.05, 0.1) is 6.07 Å². The van der Waals surface area contributed by atoms with E-state index in [1.54, 1.807) is 6.07 Å². The van der Waals surface area contributed by atoms with Gasteiger partial charge in [0.1, 0.15) is 35.2 Å². The standard InChI is InChI=1S/C14H15N3O7S2/c1-7(18)24-4-8-5-25-13-10(12(20)17(13)11(8)14(21)22)16-9(19)6-26(23)3-2-15/h10,13H,3-6H2,1H3,(H,16,19)(H,21,22)/t10-,13-,26?/m1/s1. The molecular weight excluding hydrogens is 386 g/mol. The maximum absolute atomic E-state index is 12.3. The van der Waals surface area contributed by atoms with E-state index in [1.165, 1.54) is 18.7 Å². The quantitative estimate of drug-likeness (QED) is 0.385. The van der Waals surface area contributed by atoms with Crippen LogP contribution in [0, 0.1) is 11.3 Å². The SMILES string of the molecule is CC(=O)OCC1=C(C(=O)O)N2C(=O)[C@@H](NC(=O)CS(=O)CC#N)[C@H]2SC1. The van der Waals surface area contributed by atoms with E-state index in [0.29, 0.717) is 5.57 Å². The van der Waals surface area contributed by atoms with Gasteiger partial charge in [0, 0.05) is 29.0 Å². The van der Waals surface area contributed by atoms with Gasteiger partial charge in [-0.15, -0.1) is 11.8 Å². The second kappa shape index (κ2) is 8.33. The number of hydrogen-bond donors (Lipinski definition) is 2. The van der Waals surface area contributed by atoms with E-state index >= 15 is 0 Å². The number of β-lactam (4-membered cyclic amide) rings is 1. The number of aliphatic carboxylic acids is 1. The number of carboxylic acids is 1. The largest absolute Gasteiger partial charge is 0.477 e. The lowest BCUT2D eigenvalue weighted by Gasteiger charge is -2.49. The van der Waals surface area contributed by atoms with E-state index < -0.39 is 51.7 Å². The molecule has 0 aromatic carbocycles. The second-order valence-electron chi connectivity index (χ2n) is 5.38. The number of nitriles is 1. The number of carbonyl (C=O) groups excluding carboxylic acids is 3. The number of rotatable bonds is 7. The summed E-state index contributed by atoms with van der Waals surface area (Å²) >= 11 is 1.23. The fraction of sp³-hybridized carbons (Fsp3) is 0.500. The molecule has 10 nitrogen and oxygen atoms in total. The maximum Gasteiger partial charge on any atom is 0.352 e. The lowest BCUT2D eigenvalue weighted by atomic mass is 10.0. The van der Waals surface area contributed by atoms with Gasteiger partial charge in [0.15, 0.2) is 0 Å². The molecular formula is C14H15N3O7S2. The van der Waals surface area contributed by atoms with Crippen molar-refractivity contribution in [1.82, 2.24) is 10.2 Å². The Morgan fingerprint density at radius 2 is 2.19 bits per heavy atom. The van der Waals surface area contributed by atoms with E-state index in [9.17, 15) is 28.5 Å². The van der Waals surface area contributed by atoms with Crippen LogP contribution in [0.25, 0.3) is 0 Å². The first-order valence-corrected chi connectivity index (χ1v) is 9.84. The molecule has 0 aromatic heterocycles. The van der Waals surface area contributed by atoms with Crippen molar-refractivity contribution in [2.24, 2.45) is 0 Å². The Kier molecular flexibility index (Phi) is 6.38. The average molecular weight is 401 g/mol. The van der Waals surface area contributed by atoms with Crippen LogP contribution in [0.3, 0.4) is 0 Å². The van der Waals surface area contributed by atoms with Gasteiger partial charge in [-0.05, 0) is 0 Å². The Balaban J connectivity index is 2.08. The average Bonchev–Trinajstić information content (AvgIpc) is 2.56. The minimum atomic E-state index is -1.65. The summed E-state index contributed by atoms with van der Waals surface area (Å²) in [5.74, 6) is -3.64. The number of esters is 1. The van der Waals surface area contributed by atoms with Crippen LogP contribution in [0.15, 0.2) is 11.3 Å². The summed E-state index contributed by atoms with van der Waals surface area (Å²) < 4.78 is 16.2. The monoisotopic (exact) mass is 401 g/mol. The van der Waals surface area contributed by atoms with Gasteiger partial charge in [0.25, 0.3) is 5.91 Å². The van der Waals surface area contributed by atoms with Crippen molar-refractivity contribution in [3.05, 3.63) is 11.3 Å².